The Hall–Kier alpha value is -2.14. The standard InChI is InChI=1S/C16H14BrNO3/c1-18-10-14(20)15(16(18)21)13(19)8-7-12(17)9-11-5-3-2-4-6-11/h2-9,19H,10H2,1H3/b8-7+,12-9-,15-13-. The van der Waals surface area contributed by atoms with Gasteiger partial charge in [-0.15, -0.1) is 0 Å². The summed E-state index contributed by atoms with van der Waals surface area (Å²) in [6.45, 7) is 0.00703. The summed E-state index contributed by atoms with van der Waals surface area (Å²) in [5, 5.41) is 9.90. The molecule has 4 nitrogen and oxygen atoms in total. The van der Waals surface area contributed by atoms with Gasteiger partial charge in [0.15, 0.2) is 5.78 Å². The molecule has 108 valence electrons. The van der Waals surface area contributed by atoms with Crippen molar-refractivity contribution < 1.29 is 14.7 Å². The van der Waals surface area contributed by atoms with E-state index in [0.29, 0.717) is 4.48 Å². The third-order valence-corrected chi connectivity index (χ3v) is 3.47. The number of hydrogen-bond acceptors (Lipinski definition) is 3. The predicted molar refractivity (Wildman–Crippen MR) is 84.8 cm³/mol. The van der Waals surface area contributed by atoms with E-state index in [-0.39, 0.29) is 23.7 Å². The molecule has 0 saturated carbocycles. The number of benzene rings is 1. The molecule has 1 N–H and O–H groups in total. The Kier molecular flexibility index (Phi) is 4.75. The van der Waals surface area contributed by atoms with E-state index in [4.69, 9.17) is 0 Å². The molecule has 0 unspecified atom stereocenters. The van der Waals surface area contributed by atoms with Crippen LogP contribution < -0.4 is 0 Å². The van der Waals surface area contributed by atoms with Gasteiger partial charge in [-0.3, -0.25) is 9.59 Å². The molecular weight excluding hydrogens is 334 g/mol. The number of rotatable bonds is 3. The first-order valence-electron chi connectivity index (χ1n) is 6.31. The van der Waals surface area contributed by atoms with Gasteiger partial charge in [-0.1, -0.05) is 46.3 Å². The second-order valence-corrected chi connectivity index (χ2v) is 5.53. The number of nitrogens with zero attached hydrogens (tertiary/aromatic N) is 1. The molecule has 1 aromatic rings. The molecule has 0 radical (unpaired) electrons. The van der Waals surface area contributed by atoms with Crippen LogP contribution in [0.2, 0.25) is 0 Å². The maximum atomic E-state index is 11.7. The fourth-order valence-electron chi connectivity index (χ4n) is 1.93. The van der Waals surface area contributed by atoms with Gasteiger partial charge in [-0.05, 0) is 23.8 Å². The molecule has 1 saturated heterocycles. The number of likely N-dealkylation sites (tertiary alicyclic amines) is 1. The van der Waals surface area contributed by atoms with Crippen LogP contribution in [-0.2, 0) is 9.59 Å². The Morgan fingerprint density at radius 2 is 1.90 bits per heavy atom. The summed E-state index contributed by atoms with van der Waals surface area (Å²) in [4.78, 5) is 24.6. The highest BCUT2D eigenvalue weighted by Crippen LogP contribution is 2.18. The Morgan fingerprint density at radius 3 is 2.48 bits per heavy atom. The largest absolute Gasteiger partial charge is 0.507 e. The van der Waals surface area contributed by atoms with E-state index in [9.17, 15) is 14.7 Å². The molecule has 21 heavy (non-hydrogen) atoms. The number of Topliss-reactive ketones (excluding diaryl/α,β-unsaturated/α-hetero) is 1. The summed E-state index contributed by atoms with van der Waals surface area (Å²) < 4.78 is 0.715. The lowest BCUT2D eigenvalue weighted by molar-refractivity contribution is -0.123. The third kappa shape index (κ3) is 3.70. The normalized spacial score (nSPS) is 18.8. The molecule has 1 amide bonds. The van der Waals surface area contributed by atoms with Gasteiger partial charge < -0.3 is 10.0 Å². The molecule has 0 aliphatic carbocycles. The van der Waals surface area contributed by atoms with Crippen molar-refractivity contribution in [2.24, 2.45) is 0 Å². The van der Waals surface area contributed by atoms with Crippen molar-refractivity contribution in [3.63, 3.8) is 0 Å². The average Bonchev–Trinajstić information content (AvgIpc) is 2.71. The highest BCUT2D eigenvalue weighted by molar-refractivity contribution is 9.12. The minimum atomic E-state index is -0.453. The number of ketones is 1. The maximum absolute atomic E-state index is 11.7. The van der Waals surface area contributed by atoms with E-state index in [1.165, 1.54) is 18.0 Å². The van der Waals surface area contributed by atoms with Gasteiger partial charge in [0, 0.05) is 11.5 Å². The quantitative estimate of drug-likeness (QED) is 0.396. The lowest BCUT2D eigenvalue weighted by Crippen LogP contribution is -2.19. The lowest BCUT2D eigenvalue weighted by atomic mass is 10.1. The van der Waals surface area contributed by atoms with Gasteiger partial charge in [-0.2, -0.15) is 0 Å². The van der Waals surface area contributed by atoms with Gasteiger partial charge in [0.25, 0.3) is 5.91 Å². The number of aliphatic hydroxyl groups is 1. The van der Waals surface area contributed by atoms with E-state index in [0.717, 1.165) is 5.56 Å². The Morgan fingerprint density at radius 1 is 1.24 bits per heavy atom. The SMILES string of the molecule is CN1CC(=O)\C(=C(O)/C=C/C(Br)=C/c2ccccc2)C1=O. The average molecular weight is 348 g/mol. The third-order valence-electron chi connectivity index (χ3n) is 2.98. The molecule has 0 atom stereocenters. The molecule has 0 bridgehead atoms. The van der Waals surface area contributed by atoms with Crippen LogP contribution in [-0.4, -0.2) is 35.3 Å². The van der Waals surface area contributed by atoms with Crippen LogP contribution in [0.3, 0.4) is 0 Å². The highest BCUT2D eigenvalue weighted by Gasteiger charge is 2.33. The van der Waals surface area contributed by atoms with Crippen molar-refractivity contribution in [3.8, 4) is 0 Å². The first kappa shape index (κ1) is 15.3. The Bertz CT molecular complexity index is 659. The molecule has 1 heterocycles. The van der Waals surface area contributed by atoms with Gasteiger partial charge in [0.2, 0.25) is 0 Å². The van der Waals surface area contributed by atoms with Crippen molar-refractivity contribution in [3.05, 3.63) is 63.9 Å². The monoisotopic (exact) mass is 347 g/mol. The zero-order valence-corrected chi connectivity index (χ0v) is 13.0. The summed E-state index contributed by atoms with van der Waals surface area (Å²) in [5.74, 6) is -1.13. The first-order chi connectivity index (χ1) is 9.99. The number of hydrogen-bond donors (Lipinski definition) is 1. The summed E-state index contributed by atoms with van der Waals surface area (Å²) in [7, 11) is 1.52. The van der Waals surface area contributed by atoms with Crippen LogP contribution in [0.15, 0.2) is 58.3 Å². The van der Waals surface area contributed by atoms with Crippen LogP contribution in [0.5, 0.6) is 0 Å². The predicted octanol–water partition coefficient (Wildman–Crippen LogP) is 2.83. The molecule has 1 fully saturated rings. The summed E-state index contributed by atoms with van der Waals surface area (Å²) in [5.41, 5.74) is 0.836. The van der Waals surface area contributed by atoms with Crippen LogP contribution in [0.4, 0.5) is 0 Å². The molecule has 5 heteroatoms. The molecule has 0 aromatic heterocycles. The van der Waals surface area contributed by atoms with Crippen molar-refractivity contribution in [2.75, 3.05) is 13.6 Å². The summed E-state index contributed by atoms with van der Waals surface area (Å²) >= 11 is 3.35. The number of aliphatic hydroxyl groups excluding tert-OH is 1. The number of allylic oxidation sites excluding steroid dienone is 3. The van der Waals surface area contributed by atoms with Gasteiger partial charge >= 0.3 is 0 Å². The van der Waals surface area contributed by atoms with Crippen molar-refractivity contribution >= 4 is 33.7 Å². The number of carbonyl (C=O) groups is 2. The Balaban J connectivity index is 2.19. The summed E-state index contributed by atoms with van der Waals surface area (Å²) in [6.07, 6.45) is 4.79. The van der Waals surface area contributed by atoms with Crippen LogP contribution in [0, 0.1) is 0 Å². The first-order valence-corrected chi connectivity index (χ1v) is 7.10. The van der Waals surface area contributed by atoms with Gasteiger partial charge in [0.05, 0.1) is 6.54 Å². The molecule has 1 aromatic carbocycles. The fraction of sp³-hybridized carbons (Fsp3) is 0.125. The fourth-order valence-corrected chi connectivity index (χ4v) is 2.32. The zero-order valence-electron chi connectivity index (χ0n) is 11.4. The molecule has 1 aliphatic rings. The Labute approximate surface area is 131 Å². The van der Waals surface area contributed by atoms with E-state index in [1.54, 1.807) is 6.08 Å². The van der Waals surface area contributed by atoms with Crippen LogP contribution >= 0.6 is 15.9 Å². The van der Waals surface area contributed by atoms with Crippen molar-refractivity contribution in [2.45, 2.75) is 0 Å². The van der Waals surface area contributed by atoms with E-state index >= 15 is 0 Å². The number of amides is 1. The van der Waals surface area contributed by atoms with Gasteiger partial charge in [-0.25, -0.2) is 0 Å². The molecule has 0 spiro atoms. The van der Waals surface area contributed by atoms with E-state index < -0.39 is 5.91 Å². The second kappa shape index (κ2) is 6.54. The minimum Gasteiger partial charge on any atom is -0.507 e. The topological polar surface area (TPSA) is 57.6 Å². The maximum Gasteiger partial charge on any atom is 0.261 e. The van der Waals surface area contributed by atoms with Crippen LogP contribution in [0.25, 0.3) is 6.08 Å². The van der Waals surface area contributed by atoms with Crippen LogP contribution in [0.1, 0.15) is 5.56 Å². The zero-order chi connectivity index (χ0) is 15.4. The van der Waals surface area contributed by atoms with Crippen molar-refractivity contribution in [1.82, 2.24) is 4.90 Å². The highest BCUT2D eigenvalue weighted by atomic mass is 79.9. The number of likely N-dealkylation sites (N-methyl/N-ethyl adjacent to an activating group) is 1. The van der Waals surface area contributed by atoms with E-state index in [1.807, 2.05) is 36.4 Å². The molecule has 1 aliphatic heterocycles. The molecular formula is C16H14BrNO3. The van der Waals surface area contributed by atoms with Crippen molar-refractivity contribution in [1.29, 1.82) is 0 Å². The summed E-state index contributed by atoms with van der Waals surface area (Å²) in [6, 6.07) is 9.63. The lowest BCUT2D eigenvalue weighted by Gasteiger charge is -2.03. The number of carbonyl (C=O) groups excluding carboxylic acids is 2. The molecule has 2 rings (SSSR count). The smallest absolute Gasteiger partial charge is 0.261 e. The second-order valence-electron chi connectivity index (χ2n) is 4.62. The number of halogens is 1. The minimum absolute atomic E-state index is 0.00703. The van der Waals surface area contributed by atoms with Gasteiger partial charge in [0.1, 0.15) is 11.3 Å². The van der Waals surface area contributed by atoms with E-state index in [2.05, 4.69) is 15.9 Å².